The third kappa shape index (κ3) is 4.36. The fourth-order valence-corrected chi connectivity index (χ4v) is 3.27. The lowest BCUT2D eigenvalue weighted by atomic mass is 10.1. The van der Waals surface area contributed by atoms with Crippen LogP contribution in [0.4, 0.5) is 0 Å². The predicted molar refractivity (Wildman–Crippen MR) is 105 cm³/mol. The second-order valence-electron chi connectivity index (χ2n) is 6.46. The molecule has 1 amide bonds. The van der Waals surface area contributed by atoms with E-state index in [1.165, 1.54) is 11.0 Å². The van der Waals surface area contributed by atoms with Crippen LogP contribution >= 0.6 is 11.6 Å². The van der Waals surface area contributed by atoms with Crippen molar-refractivity contribution in [3.05, 3.63) is 57.6 Å². The third-order valence-electron chi connectivity index (χ3n) is 4.45. The Labute approximate surface area is 177 Å². The molecule has 2 aromatic rings. The van der Waals surface area contributed by atoms with E-state index in [0.717, 1.165) is 6.07 Å². The van der Waals surface area contributed by atoms with Gasteiger partial charge in [-0.25, -0.2) is 4.79 Å². The van der Waals surface area contributed by atoms with Crippen molar-refractivity contribution in [2.75, 3.05) is 19.8 Å². The molecule has 0 aliphatic carbocycles. The molecule has 1 aliphatic rings. The molecule has 0 unspecified atom stereocenters. The number of phenols is 1. The first-order valence-corrected chi connectivity index (χ1v) is 9.38. The summed E-state index contributed by atoms with van der Waals surface area (Å²) in [5.74, 6) is -1.82. The zero-order chi connectivity index (χ0) is 21.8. The number of Topliss-reactive ketones (excluding diaryl/α,β-unsaturated/α-hetero) is 1. The molecule has 0 aromatic heterocycles. The highest BCUT2D eigenvalue weighted by atomic mass is 35.5. The highest BCUT2D eigenvalue weighted by Gasteiger charge is 2.30. The second kappa shape index (κ2) is 8.84. The van der Waals surface area contributed by atoms with Crippen LogP contribution in [0.5, 0.6) is 11.5 Å². The molecule has 154 valence electrons. The van der Waals surface area contributed by atoms with Gasteiger partial charge in [0.2, 0.25) is 0 Å². The molecular weight excluding hydrogens is 412 g/mol. The number of carbonyl (C=O) groups excluding carboxylic acids is 3. The van der Waals surface area contributed by atoms with Crippen LogP contribution in [0.3, 0.4) is 0 Å². The maximum absolute atomic E-state index is 12.7. The molecule has 0 radical (unpaired) electrons. The number of hydrogen-bond donors (Lipinski definition) is 1. The average Bonchev–Trinajstić information content (AvgIpc) is 3.03. The van der Waals surface area contributed by atoms with Crippen LogP contribution in [0.1, 0.15) is 38.8 Å². The van der Waals surface area contributed by atoms with Crippen molar-refractivity contribution in [3.8, 4) is 17.6 Å². The first kappa shape index (κ1) is 21.1. The molecule has 0 saturated carbocycles. The predicted octanol–water partition coefficient (Wildman–Crippen LogP) is 2.70. The lowest BCUT2D eigenvalue weighted by molar-refractivity contribution is -0.145. The molecule has 0 fully saturated rings. The Bertz CT molecular complexity index is 1080. The maximum atomic E-state index is 12.7. The molecule has 0 spiro atoms. The van der Waals surface area contributed by atoms with Gasteiger partial charge in [0.15, 0.2) is 12.4 Å². The van der Waals surface area contributed by atoms with E-state index in [2.05, 4.69) is 0 Å². The standard InChI is InChI=1S/C21H17ClN2O6/c1-2-29-20(27)11-30-19-7-17(25)15(6-16(19)22)18(26)10-24-9-13-5-12(8-23)3-4-14(13)21(24)28/h3-7,25H,2,9-11H2,1H3. The Morgan fingerprint density at radius 1 is 1.30 bits per heavy atom. The summed E-state index contributed by atoms with van der Waals surface area (Å²) < 4.78 is 9.96. The summed E-state index contributed by atoms with van der Waals surface area (Å²) in [4.78, 5) is 37.9. The Balaban J connectivity index is 1.71. The van der Waals surface area contributed by atoms with E-state index < -0.39 is 18.4 Å². The SMILES string of the molecule is CCOC(=O)COc1cc(O)c(C(=O)CN2Cc3cc(C#N)ccc3C2=O)cc1Cl. The molecule has 9 heteroatoms. The van der Waals surface area contributed by atoms with E-state index >= 15 is 0 Å². The van der Waals surface area contributed by atoms with Crippen molar-refractivity contribution in [1.29, 1.82) is 5.26 Å². The average molecular weight is 429 g/mol. The molecule has 8 nitrogen and oxygen atoms in total. The molecular formula is C21H17ClN2O6. The number of ether oxygens (including phenoxy) is 2. The Hall–Kier alpha value is -3.57. The molecule has 1 aliphatic heterocycles. The van der Waals surface area contributed by atoms with Crippen LogP contribution in [-0.2, 0) is 16.1 Å². The zero-order valence-electron chi connectivity index (χ0n) is 16.0. The summed E-state index contributed by atoms with van der Waals surface area (Å²) >= 11 is 6.11. The molecule has 0 saturated heterocycles. The number of aromatic hydroxyl groups is 1. The van der Waals surface area contributed by atoms with Gasteiger partial charge >= 0.3 is 5.97 Å². The zero-order valence-corrected chi connectivity index (χ0v) is 16.7. The number of hydrogen-bond acceptors (Lipinski definition) is 7. The number of esters is 1. The number of nitriles is 1. The van der Waals surface area contributed by atoms with Gasteiger partial charge in [0, 0.05) is 18.2 Å². The van der Waals surface area contributed by atoms with Gasteiger partial charge in [0.05, 0.1) is 35.4 Å². The van der Waals surface area contributed by atoms with Crippen LogP contribution in [0.2, 0.25) is 5.02 Å². The van der Waals surface area contributed by atoms with Crippen LogP contribution in [0.15, 0.2) is 30.3 Å². The van der Waals surface area contributed by atoms with E-state index in [1.54, 1.807) is 25.1 Å². The van der Waals surface area contributed by atoms with Gasteiger partial charge in [-0.15, -0.1) is 0 Å². The summed E-state index contributed by atoms with van der Waals surface area (Å²) in [6, 6.07) is 9.09. The third-order valence-corrected chi connectivity index (χ3v) is 4.74. The summed E-state index contributed by atoms with van der Waals surface area (Å²) in [5, 5.41) is 19.2. The molecule has 1 heterocycles. The van der Waals surface area contributed by atoms with E-state index in [0.29, 0.717) is 16.7 Å². The van der Waals surface area contributed by atoms with Crippen molar-refractivity contribution >= 4 is 29.3 Å². The Kier molecular flexibility index (Phi) is 6.23. The highest BCUT2D eigenvalue weighted by Crippen LogP contribution is 2.33. The van der Waals surface area contributed by atoms with E-state index in [1.807, 2.05) is 6.07 Å². The first-order chi connectivity index (χ1) is 14.3. The van der Waals surface area contributed by atoms with Crippen molar-refractivity contribution in [3.63, 3.8) is 0 Å². The minimum atomic E-state index is -0.597. The van der Waals surface area contributed by atoms with Gasteiger partial charge in [0.1, 0.15) is 11.5 Å². The van der Waals surface area contributed by atoms with Crippen LogP contribution in [0.25, 0.3) is 0 Å². The lowest BCUT2D eigenvalue weighted by Crippen LogP contribution is -2.30. The smallest absolute Gasteiger partial charge is 0.344 e. The number of amides is 1. The van der Waals surface area contributed by atoms with Gasteiger partial charge < -0.3 is 19.5 Å². The van der Waals surface area contributed by atoms with Crippen molar-refractivity contribution < 1.29 is 29.0 Å². The molecule has 1 N–H and O–H groups in total. The van der Waals surface area contributed by atoms with Crippen LogP contribution in [-0.4, -0.2) is 47.4 Å². The van der Waals surface area contributed by atoms with Crippen LogP contribution in [0, 0.1) is 11.3 Å². The first-order valence-electron chi connectivity index (χ1n) is 9.00. The van der Waals surface area contributed by atoms with Crippen molar-refractivity contribution in [2.45, 2.75) is 13.5 Å². The minimum Gasteiger partial charge on any atom is -0.507 e. The van der Waals surface area contributed by atoms with Crippen LogP contribution < -0.4 is 4.74 Å². The van der Waals surface area contributed by atoms with E-state index in [4.69, 9.17) is 26.3 Å². The maximum Gasteiger partial charge on any atom is 0.344 e. The normalized spacial score (nSPS) is 12.3. The van der Waals surface area contributed by atoms with Gasteiger partial charge in [-0.3, -0.25) is 9.59 Å². The number of phenolic OH excluding ortho intramolecular Hbond substituents is 1. The number of nitrogens with zero attached hydrogens (tertiary/aromatic N) is 2. The molecule has 30 heavy (non-hydrogen) atoms. The van der Waals surface area contributed by atoms with Crippen molar-refractivity contribution in [2.24, 2.45) is 0 Å². The lowest BCUT2D eigenvalue weighted by Gasteiger charge is -2.16. The fraction of sp³-hybridized carbons (Fsp3) is 0.238. The van der Waals surface area contributed by atoms with Gasteiger partial charge in [0.25, 0.3) is 5.91 Å². The van der Waals surface area contributed by atoms with E-state index in [9.17, 15) is 19.5 Å². The Morgan fingerprint density at radius 3 is 2.77 bits per heavy atom. The van der Waals surface area contributed by atoms with Gasteiger partial charge in [-0.2, -0.15) is 5.26 Å². The number of carbonyl (C=O) groups is 3. The summed E-state index contributed by atoms with van der Waals surface area (Å²) in [6.45, 7) is 1.37. The fourth-order valence-electron chi connectivity index (χ4n) is 3.05. The molecule has 0 bridgehead atoms. The quantitative estimate of drug-likeness (QED) is 0.532. The van der Waals surface area contributed by atoms with Gasteiger partial charge in [-0.05, 0) is 36.8 Å². The summed E-state index contributed by atoms with van der Waals surface area (Å²) in [5.41, 5.74) is 1.45. The van der Waals surface area contributed by atoms with Gasteiger partial charge in [-0.1, -0.05) is 11.6 Å². The number of halogens is 1. The largest absolute Gasteiger partial charge is 0.507 e. The number of rotatable bonds is 7. The monoisotopic (exact) mass is 428 g/mol. The highest BCUT2D eigenvalue weighted by molar-refractivity contribution is 6.32. The number of ketones is 1. The topological polar surface area (TPSA) is 117 Å². The molecule has 3 rings (SSSR count). The Morgan fingerprint density at radius 2 is 2.07 bits per heavy atom. The van der Waals surface area contributed by atoms with Crippen molar-refractivity contribution in [1.82, 2.24) is 4.90 Å². The molecule has 0 atom stereocenters. The molecule has 2 aromatic carbocycles. The number of fused-ring (bicyclic) bond motifs is 1. The number of benzene rings is 2. The second-order valence-corrected chi connectivity index (χ2v) is 6.87. The van der Waals surface area contributed by atoms with E-state index in [-0.39, 0.29) is 47.7 Å². The minimum absolute atomic E-state index is 0.0208. The summed E-state index contributed by atoms with van der Waals surface area (Å²) in [6.07, 6.45) is 0. The summed E-state index contributed by atoms with van der Waals surface area (Å²) in [7, 11) is 0.